The van der Waals surface area contributed by atoms with Crippen molar-refractivity contribution in [1.82, 2.24) is 4.90 Å². The van der Waals surface area contributed by atoms with Crippen molar-refractivity contribution >= 4 is 34.8 Å². The quantitative estimate of drug-likeness (QED) is 0.367. The van der Waals surface area contributed by atoms with Crippen LogP contribution in [-0.4, -0.2) is 51.2 Å². The predicted octanol–water partition coefficient (Wildman–Crippen LogP) is 3.89. The van der Waals surface area contributed by atoms with Crippen LogP contribution in [0.2, 0.25) is 0 Å². The van der Waals surface area contributed by atoms with E-state index in [0.29, 0.717) is 42.7 Å². The summed E-state index contributed by atoms with van der Waals surface area (Å²) in [4.78, 5) is 40.9. The second-order valence-corrected chi connectivity index (χ2v) is 11.3. The molecule has 0 saturated heterocycles. The third-order valence-corrected chi connectivity index (χ3v) is 8.66. The van der Waals surface area contributed by atoms with Gasteiger partial charge in [0.25, 0.3) is 5.91 Å². The monoisotopic (exact) mass is 578 g/mol. The minimum Gasteiger partial charge on any atom is -0.394 e. The molecule has 0 fully saturated rings. The van der Waals surface area contributed by atoms with Gasteiger partial charge in [-0.25, -0.2) is 5.01 Å². The zero-order valence-electron chi connectivity index (χ0n) is 23.9. The first-order valence-electron chi connectivity index (χ1n) is 14.6. The number of benzene rings is 3. The summed E-state index contributed by atoms with van der Waals surface area (Å²) in [6.07, 6.45) is 4.81. The van der Waals surface area contributed by atoms with Crippen molar-refractivity contribution in [3.8, 4) is 0 Å². The Balaban J connectivity index is 1.21. The van der Waals surface area contributed by atoms with Gasteiger partial charge in [-0.1, -0.05) is 73.7 Å². The molecule has 9 nitrogen and oxygen atoms in total. The van der Waals surface area contributed by atoms with E-state index in [-0.39, 0.29) is 30.9 Å². The summed E-state index contributed by atoms with van der Waals surface area (Å²) >= 11 is 0. The fraction of sp³-hybridized carbons (Fsp3) is 0.294. The van der Waals surface area contributed by atoms with Crippen molar-refractivity contribution in [1.29, 1.82) is 0 Å². The molecule has 43 heavy (non-hydrogen) atoms. The number of hydrogen-bond acceptors (Lipinski definition) is 6. The van der Waals surface area contributed by atoms with Gasteiger partial charge in [0.2, 0.25) is 11.8 Å². The van der Waals surface area contributed by atoms with Gasteiger partial charge in [0, 0.05) is 43.0 Å². The number of amides is 3. The van der Waals surface area contributed by atoms with E-state index in [2.05, 4.69) is 10.4 Å². The van der Waals surface area contributed by atoms with Crippen LogP contribution in [0.5, 0.6) is 0 Å². The molecule has 6 rings (SSSR count). The third-order valence-electron chi connectivity index (χ3n) is 8.66. The highest BCUT2D eigenvalue weighted by Crippen LogP contribution is 2.43. The van der Waals surface area contributed by atoms with Gasteiger partial charge >= 0.3 is 0 Å². The molecule has 0 saturated carbocycles. The van der Waals surface area contributed by atoms with Crippen molar-refractivity contribution in [2.24, 2.45) is 11.0 Å². The van der Waals surface area contributed by atoms with Gasteiger partial charge in [-0.05, 0) is 41.3 Å². The van der Waals surface area contributed by atoms with Crippen molar-refractivity contribution in [3.05, 3.63) is 107 Å². The van der Waals surface area contributed by atoms with E-state index >= 15 is 0 Å². The van der Waals surface area contributed by atoms with Crippen LogP contribution < -0.4 is 10.3 Å². The van der Waals surface area contributed by atoms with Crippen LogP contribution >= 0.6 is 0 Å². The fourth-order valence-electron chi connectivity index (χ4n) is 6.14. The number of nitrogens with one attached hydrogen (secondary N) is 1. The molecule has 3 amide bonds. The standard InChI is InChI=1S/C34H34N4O5/c1-22(8-7-13-31(40)37-20-25-12-6-5-11-24(25)18-27(37)21-39)34(43)28-19-26(14-15-30(28)35-33(34)42)38-32(41)17-16-29(36-38)23-9-3-2-4-10-23/h2-12,14-15,19,22,27,39,43H,13,16-18,20-21H2,1H3,(H,35,42)/b8-7+/t22-,27+,34+/m1/s1. The second kappa shape index (κ2) is 11.6. The number of carbonyl (C=O) groups excluding carboxylic acids is 3. The number of anilines is 2. The minimum atomic E-state index is -1.91. The maximum atomic E-state index is 13.2. The van der Waals surface area contributed by atoms with E-state index < -0.39 is 17.4 Å². The first-order chi connectivity index (χ1) is 20.8. The number of rotatable bonds is 7. The first-order valence-corrected chi connectivity index (χ1v) is 14.6. The maximum Gasteiger partial charge on any atom is 0.261 e. The third kappa shape index (κ3) is 5.26. The summed E-state index contributed by atoms with van der Waals surface area (Å²) in [6, 6.07) is 22.3. The molecule has 0 aliphatic carbocycles. The highest BCUT2D eigenvalue weighted by atomic mass is 16.3. The Kier molecular flexibility index (Phi) is 7.68. The summed E-state index contributed by atoms with van der Waals surface area (Å²) < 4.78 is 0. The van der Waals surface area contributed by atoms with E-state index in [1.165, 1.54) is 5.01 Å². The number of hydrogen-bond donors (Lipinski definition) is 3. The van der Waals surface area contributed by atoms with Gasteiger partial charge in [-0.15, -0.1) is 0 Å². The predicted molar refractivity (Wildman–Crippen MR) is 163 cm³/mol. The normalized spacial score (nSPS) is 22.2. The van der Waals surface area contributed by atoms with Crippen LogP contribution in [0.1, 0.15) is 48.4 Å². The number of hydrazone groups is 1. The lowest BCUT2D eigenvalue weighted by molar-refractivity contribution is -0.137. The Bertz CT molecular complexity index is 1630. The average molecular weight is 579 g/mol. The summed E-state index contributed by atoms with van der Waals surface area (Å²) in [5.41, 5.74) is 3.27. The second-order valence-electron chi connectivity index (χ2n) is 11.3. The first kappa shape index (κ1) is 28.5. The van der Waals surface area contributed by atoms with Crippen molar-refractivity contribution in [3.63, 3.8) is 0 Å². The molecule has 0 spiro atoms. The molecular formula is C34H34N4O5. The van der Waals surface area contributed by atoms with Gasteiger partial charge in [-0.2, -0.15) is 5.10 Å². The van der Waals surface area contributed by atoms with E-state index in [9.17, 15) is 24.6 Å². The molecule has 0 radical (unpaired) electrons. The lowest BCUT2D eigenvalue weighted by Gasteiger charge is -2.36. The van der Waals surface area contributed by atoms with Crippen LogP contribution in [0.15, 0.2) is 90.0 Å². The van der Waals surface area contributed by atoms with Crippen LogP contribution in [0, 0.1) is 5.92 Å². The van der Waals surface area contributed by atoms with Gasteiger partial charge in [0.05, 0.1) is 24.0 Å². The SMILES string of the molecule is C[C@H](/C=C/CC(=O)N1Cc2ccccc2C[C@H]1CO)[C@@]1(O)C(=O)Nc2ccc(N3N=C(c4ccccc4)CCC3=O)cc21. The highest BCUT2D eigenvalue weighted by molar-refractivity contribution is 6.10. The largest absolute Gasteiger partial charge is 0.394 e. The van der Waals surface area contributed by atoms with Gasteiger partial charge in [-0.3, -0.25) is 14.4 Å². The van der Waals surface area contributed by atoms with Crippen molar-refractivity contribution in [2.45, 2.75) is 50.8 Å². The molecule has 9 heteroatoms. The van der Waals surface area contributed by atoms with E-state index in [0.717, 1.165) is 22.4 Å². The molecule has 3 aromatic rings. The Hall–Kier alpha value is -4.60. The zero-order valence-corrected chi connectivity index (χ0v) is 23.9. The van der Waals surface area contributed by atoms with E-state index in [1.807, 2.05) is 54.6 Å². The Labute approximate surface area is 250 Å². The van der Waals surface area contributed by atoms with Gasteiger partial charge in [0.15, 0.2) is 5.60 Å². The lowest BCUT2D eigenvalue weighted by Crippen LogP contribution is -2.46. The molecule has 0 bridgehead atoms. The molecule has 220 valence electrons. The summed E-state index contributed by atoms with van der Waals surface area (Å²) in [5, 5.41) is 30.4. The Morgan fingerprint density at radius 3 is 2.58 bits per heavy atom. The number of carbonyl (C=O) groups is 3. The van der Waals surface area contributed by atoms with Gasteiger partial charge in [0.1, 0.15) is 0 Å². The van der Waals surface area contributed by atoms with Crippen molar-refractivity contribution in [2.75, 3.05) is 16.9 Å². The number of aliphatic hydroxyl groups is 2. The molecule has 3 atom stereocenters. The van der Waals surface area contributed by atoms with Crippen LogP contribution in [0.3, 0.4) is 0 Å². The number of fused-ring (bicyclic) bond motifs is 2. The molecule has 3 aliphatic heterocycles. The minimum absolute atomic E-state index is 0.0624. The lowest BCUT2D eigenvalue weighted by atomic mass is 9.82. The van der Waals surface area contributed by atoms with Crippen LogP contribution in [0.4, 0.5) is 11.4 Å². The topological polar surface area (TPSA) is 123 Å². The van der Waals surface area contributed by atoms with E-state index in [4.69, 9.17) is 0 Å². The van der Waals surface area contributed by atoms with E-state index in [1.54, 1.807) is 42.2 Å². The number of nitrogens with zero attached hydrogens (tertiary/aromatic N) is 3. The Morgan fingerprint density at radius 1 is 1.07 bits per heavy atom. The Morgan fingerprint density at radius 2 is 1.81 bits per heavy atom. The molecule has 3 heterocycles. The molecule has 3 aliphatic rings. The summed E-state index contributed by atoms with van der Waals surface area (Å²) in [7, 11) is 0. The zero-order chi connectivity index (χ0) is 30.1. The summed E-state index contributed by atoms with van der Waals surface area (Å²) in [5.74, 6) is -1.57. The molecule has 0 unspecified atom stereocenters. The highest BCUT2D eigenvalue weighted by Gasteiger charge is 2.49. The van der Waals surface area contributed by atoms with Crippen molar-refractivity contribution < 1.29 is 24.6 Å². The summed E-state index contributed by atoms with van der Waals surface area (Å²) in [6.45, 7) is 2.01. The number of aliphatic hydroxyl groups excluding tert-OH is 1. The fourth-order valence-corrected chi connectivity index (χ4v) is 6.14. The molecule has 0 aromatic heterocycles. The van der Waals surface area contributed by atoms with Gasteiger partial charge < -0.3 is 20.4 Å². The smallest absolute Gasteiger partial charge is 0.261 e. The molecule has 3 N–H and O–H groups in total. The average Bonchev–Trinajstić information content (AvgIpc) is 3.30. The maximum absolute atomic E-state index is 13.2. The molecular weight excluding hydrogens is 544 g/mol. The van der Waals surface area contributed by atoms with Crippen LogP contribution in [0.25, 0.3) is 0 Å². The molecule has 3 aromatic carbocycles. The van der Waals surface area contributed by atoms with Crippen LogP contribution in [-0.2, 0) is 33.0 Å².